The van der Waals surface area contributed by atoms with E-state index in [0.29, 0.717) is 0 Å². The normalized spacial score (nSPS) is 13.2. The molecule has 0 heterocycles. The molecule has 3 heteroatoms. The van der Waals surface area contributed by atoms with Crippen LogP contribution < -0.4 is 5.46 Å². The molecule has 0 unspecified atom stereocenters. The summed E-state index contributed by atoms with van der Waals surface area (Å²) >= 11 is 0. The Morgan fingerprint density at radius 2 is 1.36 bits per heavy atom. The number of rotatable bonds is 4. The van der Waals surface area contributed by atoms with Gasteiger partial charge in [-0.05, 0) is 66.2 Å². The van der Waals surface area contributed by atoms with E-state index in [9.17, 15) is 5.11 Å². The second-order valence-electron chi connectivity index (χ2n) is 7.78. The standard InChI is InChI=1S/C22H22BO2/c1-21(2,24)22(3,4)25-23-19-13-12-17-15-9-6-5-8-14(15)16-10-7-11-18(19)20(16)17/h5-13,24H,1-4H3. The number of benzene rings is 3. The summed E-state index contributed by atoms with van der Waals surface area (Å²) in [6.45, 7) is 7.34. The van der Waals surface area contributed by atoms with E-state index in [-0.39, 0.29) is 0 Å². The summed E-state index contributed by atoms with van der Waals surface area (Å²) in [5, 5.41) is 12.8. The summed E-state index contributed by atoms with van der Waals surface area (Å²) < 4.78 is 5.99. The first-order valence-electron chi connectivity index (χ1n) is 8.68. The van der Waals surface area contributed by atoms with E-state index >= 15 is 0 Å². The first-order chi connectivity index (χ1) is 11.8. The van der Waals surface area contributed by atoms with E-state index in [2.05, 4.69) is 54.6 Å². The highest BCUT2D eigenvalue weighted by molar-refractivity contribution is 6.52. The van der Waals surface area contributed by atoms with E-state index in [1.165, 1.54) is 33.0 Å². The van der Waals surface area contributed by atoms with Crippen LogP contribution in [-0.4, -0.2) is 23.8 Å². The molecule has 0 saturated heterocycles. The van der Waals surface area contributed by atoms with Gasteiger partial charge < -0.3 is 9.76 Å². The van der Waals surface area contributed by atoms with Crippen molar-refractivity contribution in [2.45, 2.75) is 38.9 Å². The van der Waals surface area contributed by atoms with Gasteiger partial charge in [-0.25, -0.2) is 0 Å². The van der Waals surface area contributed by atoms with Crippen LogP contribution in [-0.2, 0) is 4.65 Å². The first kappa shape index (κ1) is 16.4. The van der Waals surface area contributed by atoms with Gasteiger partial charge in [0.2, 0.25) is 0 Å². The van der Waals surface area contributed by atoms with Crippen molar-refractivity contribution in [2.75, 3.05) is 0 Å². The molecule has 0 bridgehead atoms. The molecule has 1 radical (unpaired) electrons. The van der Waals surface area contributed by atoms with Gasteiger partial charge >= 0.3 is 7.48 Å². The molecule has 0 atom stereocenters. The molecule has 0 amide bonds. The second-order valence-corrected chi connectivity index (χ2v) is 7.78. The minimum Gasteiger partial charge on any atom is -0.427 e. The summed E-state index contributed by atoms with van der Waals surface area (Å²) in [6, 6.07) is 19.2. The summed E-state index contributed by atoms with van der Waals surface area (Å²) in [5.74, 6) is 0. The van der Waals surface area contributed by atoms with E-state index in [1.54, 1.807) is 21.3 Å². The molecule has 0 saturated carbocycles. The molecule has 4 rings (SSSR count). The van der Waals surface area contributed by atoms with Crippen LogP contribution in [0.3, 0.4) is 0 Å². The van der Waals surface area contributed by atoms with Gasteiger partial charge in [-0.1, -0.05) is 54.6 Å². The van der Waals surface area contributed by atoms with E-state index < -0.39 is 11.2 Å². The van der Waals surface area contributed by atoms with Crippen molar-refractivity contribution in [3.8, 4) is 22.3 Å². The van der Waals surface area contributed by atoms with Gasteiger partial charge in [-0.3, -0.25) is 0 Å². The predicted octanol–water partition coefficient (Wildman–Crippen LogP) is 4.30. The van der Waals surface area contributed by atoms with Crippen LogP contribution in [0.2, 0.25) is 0 Å². The fourth-order valence-electron chi connectivity index (χ4n) is 3.29. The van der Waals surface area contributed by atoms with Crippen LogP contribution in [0.25, 0.3) is 33.0 Å². The topological polar surface area (TPSA) is 29.5 Å². The van der Waals surface area contributed by atoms with Crippen molar-refractivity contribution >= 4 is 23.7 Å². The van der Waals surface area contributed by atoms with E-state index in [4.69, 9.17) is 4.65 Å². The fourth-order valence-corrected chi connectivity index (χ4v) is 3.29. The Hall–Kier alpha value is -2.10. The lowest BCUT2D eigenvalue weighted by molar-refractivity contribution is -0.0893. The SMILES string of the molecule is CC(C)(O)C(C)(C)O[B]c1ccc2c3c(cccc13)-c1ccccc1-2. The number of hydrogen-bond donors (Lipinski definition) is 1. The van der Waals surface area contributed by atoms with Crippen molar-refractivity contribution in [3.63, 3.8) is 0 Å². The molecule has 0 aliphatic heterocycles. The summed E-state index contributed by atoms with van der Waals surface area (Å²) in [6.07, 6.45) is 0. The second kappa shape index (κ2) is 5.45. The Kier molecular flexibility index (Phi) is 3.57. The predicted molar refractivity (Wildman–Crippen MR) is 105 cm³/mol. The van der Waals surface area contributed by atoms with E-state index in [0.717, 1.165) is 5.46 Å². The lowest BCUT2D eigenvalue weighted by Gasteiger charge is -2.37. The Morgan fingerprint density at radius 3 is 2.00 bits per heavy atom. The van der Waals surface area contributed by atoms with Gasteiger partial charge in [0.05, 0.1) is 11.2 Å². The van der Waals surface area contributed by atoms with Crippen LogP contribution in [0.5, 0.6) is 0 Å². The van der Waals surface area contributed by atoms with Crippen molar-refractivity contribution < 1.29 is 9.76 Å². The molecular formula is C22H22BO2. The van der Waals surface area contributed by atoms with E-state index in [1.807, 2.05) is 13.8 Å². The van der Waals surface area contributed by atoms with Crippen molar-refractivity contribution in [1.29, 1.82) is 0 Å². The Bertz CT molecular complexity index is 938. The molecule has 0 spiro atoms. The zero-order chi connectivity index (χ0) is 17.8. The Balaban J connectivity index is 1.79. The third-order valence-electron chi connectivity index (χ3n) is 5.54. The Labute approximate surface area is 149 Å². The summed E-state index contributed by atoms with van der Waals surface area (Å²) in [4.78, 5) is 0. The third kappa shape index (κ3) is 2.50. The van der Waals surface area contributed by atoms with Gasteiger partial charge in [0.25, 0.3) is 0 Å². The van der Waals surface area contributed by atoms with Gasteiger partial charge in [0.1, 0.15) is 0 Å². The highest BCUT2D eigenvalue weighted by atomic mass is 16.5. The van der Waals surface area contributed by atoms with Crippen molar-refractivity contribution in [3.05, 3.63) is 54.6 Å². The van der Waals surface area contributed by atoms with Gasteiger partial charge in [0.15, 0.2) is 0 Å². The highest BCUT2D eigenvalue weighted by Gasteiger charge is 2.36. The van der Waals surface area contributed by atoms with Gasteiger partial charge in [-0.15, -0.1) is 0 Å². The average molecular weight is 329 g/mol. The first-order valence-corrected chi connectivity index (χ1v) is 8.68. The smallest absolute Gasteiger partial charge is 0.331 e. The minimum atomic E-state index is -0.936. The highest BCUT2D eigenvalue weighted by Crippen LogP contribution is 2.46. The molecule has 1 aliphatic rings. The number of hydrogen-bond acceptors (Lipinski definition) is 2. The summed E-state index contributed by atoms with van der Waals surface area (Å²) in [5.41, 5.74) is 4.55. The summed E-state index contributed by atoms with van der Waals surface area (Å²) in [7, 11) is 1.78. The molecule has 2 nitrogen and oxygen atoms in total. The Morgan fingerprint density at radius 1 is 0.760 bits per heavy atom. The van der Waals surface area contributed by atoms with Gasteiger partial charge in [-0.2, -0.15) is 0 Å². The third-order valence-corrected chi connectivity index (χ3v) is 5.54. The molecule has 125 valence electrons. The lowest BCUT2D eigenvalue weighted by atomic mass is 9.79. The molecule has 1 N–H and O–H groups in total. The average Bonchev–Trinajstić information content (AvgIpc) is 2.90. The molecular weight excluding hydrogens is 307 g/mol. The maximum Gasteiger partial charge on any atom is 0.331 e. The minimum absolute atomic E-state index is 0.682. The zero-order valence-corrected chi connectivity index (χ0v) is 15.1. The lowest BCUT2D eigenvalue weighted by Crippen LogP contribution is -2.49. The van der Waals surface area contributed by atoms with Crippen LogP contribution in [0.1, 0.15) is 27.7 Å². The molecule has 3 aromatic rings. The van der Waals surface area contributed by atoms with Crippen molar-refractivity contribution in [2.24, 2.45) is 0 Å². The number of aliphatic hydroxyl groups is 1. The molecule has 0 fully saturated rings. The zero-order valence-electron chi connectivity index (χ0n) is 15.1. The van der Waals surface area contributed by atoms with Crippen molar-refractivity contribution in [1.82, 2.24) is 0 Å². The quantitative estimate of drug-likeness (QED) is 0.566. The van der Waals surface area contributed by atoms with Crippen LogP contribution >= 0.6 is 0 Å². The molecule has 3 aromatic carbocycles. The largest absolute Gasteiger partial charge is 0.427 e. The number of fused-ring (bicyclic) bond motifs is 3. The molecule has 0 aromatic heterocycles. The fraction of sp³-hybridized carbons (Fsp3) is 0.273. The maximum atomic E-state index is 10.3. The van der Waals surface area contributed by atoms with Crippen LogP contribution in [0.4, 0.5) is 0 Å². The van der Waals surface area contributed by atoms with Gasteiger partial charge in [0, 0.05) is 0 Å². The monoisotopic (exact) mass is 329 g/mol. The van der Waals surface area contributed by atoms with Crippen LogP contribution in [0, 0.1) is 0 Å². The van der Waals surface area contributed by atoms with Crippen LogP contribution in [0.15, 0.2) is 54.6 Å². The maximum absolute atomic E-state index is 10.3. The molecule has 1 aliphatic carbocycles. The molecule has 25 heavy (non-hydrogen) atoms.